The lowest BCUT2D eigenvalue weighted by molar-refractivity contribution is -0.887. The lowest BCUT2D eigenvalue weighted by Crippen LogP contribution is -2.50. The second-order valence-corrected chi connectivity index (χ2v) is 17.3. The van der Waals surface area contributed by atoms with Crippen molar-refractivity contribution in [2.24, 2.45) is 0 Å². The number of aliphatic carboxylic acids is 1. The predicted molar refractivity (Wildman–Crippen MR) is 266 cm³/mol. The molecular weight excluding hydrogens is 787 g/mol. The highest BCUT2D eigenvalue weighted by molar-refractivity contribution is 5.72. The van der Waals surface area contributed by atoms with Gasteiger partial charge in [0.1, 0.15) is 6.61 Å². The average molecular weight is 879 g/mol. The summed E-state index contributed by atoms with van der Waals surface area (Å²) < 4.78 is 17.3. The van der Waals surface area contributed by atoms with Crippen molar-refractivity contribution in [3.63, 3.8) is 0 Å². The van der Waals surface area contributed by atoms with Crippen LogP contribution in [0.4, 0.5) is 0 Å². The molecule has 1 N–H and O–H groups in total. The number of likely N-dealkylation sites (N-methyl/N-ethyl adjacent to an activating group) is 1. The molecule has 0 rings (SSSR count). The zero-order valence-corrected chi connectivity index (χ0v) is 40.7. The van der Waals surface area contributed by atoms with E-state index in [0.29, 0.717) is 19.3 Å². The average Bonchev–Trinajstić information content (AvgIpc) is 3.24. The van der Waals surface area contributed by atoms with E-state index in [1.807, 2.05) is 21.1 Å². The molecule has 0 bridgehead atoms. The zero-order valence-electron chi connectivity index (χ0n) is 40.7. The summed E-state index contributed by atoms with van der Waals surface area (Å²) in [5.41, 5.74) is 0. The molecule has 63 heavy (non-hydrogen) atoms. The van der Waals surface area contributed by atoms with Crippen LogP contribution < -0.4 is 0 Å². The lowest BCUT2D eigenvalue weighted by Gasteiger charge is -2.31. The summed E-state index contributed by atoms with van der Waals surface area (Å²) in [4.78, 5) is 37.1. The maximum atomic E-state index is 12.8. The van der Waals surface area contributed by atoms with Crippen LogP contribution in [0.5, 0.6) is 0 Å². The van der Waals surface area contributed by atoms with E-state index in [1.54, 1.807) is 0 Å². The van der Waals surface area contributed by atoms with Crippen molar-refractivity contribution in [3.8, 4) is 0 Å². The molecule has 358 valence electrons. The monoisotopic (exact) mass is 879 g/mol. The van der Waals surface area contributed by atoms with E-state index in [0.717, 1.165) is 116 Å². The van der Waals surface area contributed by atoms with Crippen molar-refractivity contribution in [3.05, 3.63) is 97.2 Å². The highest BCUT2D eigenvalue weighted by Gasteiger charge is 2.31. The number of nitrogens with zero attached hydrogens (tertiary/aromatic N) is 1. The molecule has 0 aromatic heterocycles. The quantitative estimate of drug-likeness (QED) is 0.0282. The molecule has 0 amide bonds. The number of unbranched alkanes of at least 4 members (excludes halogenated alkanes) is 13. The largest absolute Gasteiger partial charge is 0.477 e. The molecule has 0 aliphatic rings. The van der Waals surface area contributed by atoms with Crippen LogP contribution in [0.1, 0.15) is 181 Å². The van der Waals surface area contributed by atoms with Gasteiger partial charge in [-0.3, -0.25) is 9.59 Å². The number of rotatable bonds is 43. The predicted octanol–water partition coefficient (Wildman–Crippen LogP) is 14.2. The Labute approximate surface area is 386 Å². The fourth-order valence-electron chi connectivity index (χ4n) is 6.72. The Hall–Kier alpha value is -3.75. The molecule has 8 heteroatoms. The summed E-state index contributed by atoms with van der Waals surface area (Å²) in [7, 11) is 5.52. The lowest BCUT2D eigenvalue weighted by atomic mass is 10.1. The Morgan fingerprint density at radius 2 is 0.841 bits per heavy atom. The molecule has 0 aromatic rings. The van der Waals surface area contributed by atoms with Gasteiger partial charge < -0.3 is 23.8 Å². The molecule has 0 heterocycles. The Morgan fingerprint density at radius 3 is 1.24 bits per heavy atom. The van der Waals surface area contributed by atoms with Gasteiger partial charge in [0, 0.05) is 19.3 Å². The first kappa shape index (κ1) is 59.2. The number of allylic oxidation sites excluding steroid dienone is 16. The van der Waals surface area contributed by atoms with Crippen LogP contribution in [0.15, 0.2) is 97.2 Å². The van der Waals surface area contributed by atoms with Gasteiger partial charge in [0.25, 0.3) is 0 Å². The summed E-state index contributed by atoms with van der Waals surface area (Å²) in [5.74, 6) is -1.51. The molecule has 0 radical (unpaired) electrons. The van der Waals surface area contributed by atoms with Gasteiger partial charge in [0.05, 0.1) is 34.4 Å². The zero-order chi connectivity index (χ0) is 46.3. The van der Waals surface area contributed by atoms with E-state index in [-0.39, 0.29) is 36.2 Å². The fourth-order valence-corrected chi connectivity index (χ4v) is 6.72. The molecule has 0 saturated heterocycles. The summed E-state index contributed by atoms with van der Waals surface area (Å²) in [6, 6.07) is -0.625. The van der Waals surface area contributed by atoms with Gasteiger partial charge in [-0.2, -0.15) is 0 Å². The van der Waals surface area contributed by atoms with Crippen molar-refractivity contribution in [1.29, 1.82) is 0 Å². The van der Waals surface area contributed by atoms with Crippen LogP contribution in [-0.4, -0.2) is 80.6 Å². The van der Waals surface area contributed by atoms with E-state index >= 15 is 0 Å². The van der Waals surface area contributed by atoms with Crippen molar-refractivity contribution < 1.29 is 38.2 Å². The topological polar surface area (TPSA) is 99.1 Å². The van der Waals surface area contributed by atoms with E-state index in [2.05, 4.69) is 111 Å². The molecule has 0 saturated carbocycles. The van der Waals surface area contributed by atoms with Gasteiger partial charge in [-0.15, -0.1) is 0 Å². The third-order valence-electron chi connectivity index (χ3n) is 10.5. The Balaban J connectivity index is 4.34. The van der Waals surface area contributed by atoms with Gasteiger partial charge in [-0.1, -0.05) is 169 Å². The number of hydrogen-bond acceptors (Lipinski definition) is 6. The first-order chi connectivity index (χ1) is 30.6. The van der Waals surface area contributed by atoms with Gasteiger partial charge in [-0.25, -0.2) is 4.79 Å². The van der Waals surface area contributed by atoms with Crippen LogP contribution in [-0.2, 0) is 28.6 Å². The fraction of sp³-hybridized carbons (Fsp3) is 0.655. The second-order valence-electron chi connectivity index (χ2n) is 17.3. The number of ether oxygens (including phenoxy) is 3. The van der Waals surface area contributed by atoms with E-state index in [1.165, 1.54) is 32.1 Å². The van der Waals surface area contributed by atoms with Crippen molar-refractivity contribution in [1.82, 2.24) is 0 Å². The highest BCUT2D eigenvalue weighted by atomic mass is 16.6. The molecular formula is C55H92NO7+. The molecule has 0 spiro atoms. The minimum absolute atomic E-state index is 0.0460. The van der Waals surface area contributed by atoms with Crippen LogP contribution in [0.25, 0.3) is 0 Å². The molecule has 2 atom stereocenters. The molecule has 0 aromatic carbocycles. The number of quaternary nitrogens is 1. The van der Waals surface area contributed by atoms with E-state index in [9.17, 15) is 19.5 Å². The number of carbonyl (C=O) groups is 3. The molecule has 8 nitrogen and oxygen atoms in total. The summed E-state index contributed by atoms with van der Waals surface area (Å²) in [6.07, 6.45) is 60.2. The molecule has 0 aliphatic heterocycles. The summed E-state index contributed by atoms with van der Waals surface area (Å²) in [5, 5.41) is 9.65. The summed E-state index contributed by atoms with van der Waals surface area (Å²) in [6.45, 7) is 4.48. The van der Waals surface area contributed by atoms with E-state index < -0.39 is 18.1 Å². The number of hydrogen-bond donors (Lipinski definition) is 1. The van der Waals surface area contributed by atoms with Crippen LogP contribution in [0.2, 0.25) is 0 Å². The van der Waals surface area contributed by atoms with E-state index in [4.69, 9.17) is 14.2 Å². The third-order valence-corrected chi connectivity index (χ3v) is 10.5. The maximum Gasteiger partial charge on any atom is 0.362 e. The van der Waals surface area contributed by atoms with Crippen LogP contribution in [0, 0.1) is 0 Å². The normalized spacial score (nSPS) is 13.7. The molecule has 0 fully saturated rings. The van der Waals surface area contributed by atoms with Crippen molar-refractivity contribution in [2.75, 3.05) is 41.0 Å². The van der Waals surface area contributed by atoms with Gasteiger partial charge >= 0.3 is 17.9 Å². The Morgan fingerprint density at radius 1 is 0.476 bits per heavy atom. The van der Waals surface area contributed by atoms with Gasteiger partial charge in [0.15, 0.2) is 12.1 Å². The summed E-state index contributed by atoms with van der Waals surface area (Å²) >= 11 is 0. The first-order valence-electron chi connectivity index (χ1n) is 24.8. The number of carboxylic acids is 1. The molecule has 2 unspecified atom stereocenters. The third kappa shape index (κ3) is 43.3. The minimum Gasteiger partial charge on any atom is -0.477 e. The first-order valence-corrected chi connectivity index (χ1v) is 24.8. The van der Waals surface area contributed by atoms with Gasteiger partial charge in [0.2, 0.25) is 0 Å². The maximum absolute atomic E-state index is 12.8. The standard InChI is InChI=1S/C55H91NO7/c1-6-8-10-12-14-16-18-20-22-24-26-28-30-32-34-36-38-40-42-44-46-54(58)63-51(49-61-48-47-52(55(59)60)56(3,4)5)50-62-53(57)45-43-41-39-37-35-33-31-29-27-25-23-21-19-17-15-13-11-9-7-2/h8-11,14-17,20-23,26-29,51-52H,6-7,12-13,18-19,24-25,30-50H2,1-5H3/p+1/b10-8+,11-9+,16-14+,17-15+,22-20+,23-21+,28-26+,29-27+. The number of carboxylic acid groups (broad SMARTS) is 1. The SMILES string of the molecule is CC/C=C/C/C=C/C/C=C/C/C=C/CCCCCCCCCC(=O)OC(COCCC(C(=O)O)[N+](C)(C)C)COC(=O)CCCCCCCC/C=C/C/C=C/C/C=C/C/C=C/CC. The smallest absolute Gasteiger partial charge is 0.362 e. The number of esters is 2. The molecule has 0 aliphatic carbocycles. The van der Waals surface area contributed by atoms with Crippen LogP contribution >= 0.6 is 0 Å². The number of carbonyl (C=O) groups excluding carboxylic acids is 2. The minimum atomic E-state index is -0.883. The van der Waals surface area contributed by atoms with Gasteiger partial charge in [-0.05, 0) is 89.9 Å². The Kier molecular flexibility index (Phi) is 42.2. The van der Waals surface area contributed by atoms with Crippen molar-refractivity contribution >= 4 is 17.9 Å². The highest BCUT2D eigenvalue weighted by Crippen LogP contribution is 2.14. The van der Waals surface area contributed by atoms with Crippen molar-refractivity contribution in [2.45, 2.75) is 193 Å². The second kappa shape index (κ2) is 44.8. The van der Waals surface area contributed by atoms with Crippen LogP contribution in [0.3, 0.4) is 0 Å². The Bertz CT molecular complexity index is 1350.